The van der Waals surface area contributed by atoms with E-state index in [9.17, 15) is 8.42 Å². The third kappa shape index (κ3) is 3.67. The summed E-state index contributed by atoms with van der Waals surface area (Å²) in [5, 5.41) is 3.09. The van der Waals surface area contributed by atoms with Crippen molar-refractivity contribution in [3.05, 3.63) is 15.8 Å². The predicted octanol–water partition coefficient (Wildman–Crippen LogP) is 3.12. The van der Waals surface area contributed by atoms with Crippen molar-refractivity contribution in [1.82, 2.24) is 9.62 Å². The zero-order valence-corrected chi connectivity index (χ0v) is 14.8. The Hall–Kier alpha value is -0.430. The van der Waals surface area contributed by atoms with Crippen LogP contribution in [0.2, 0.25) is 0 Å². The Morgan fingerprint density at radius 3 is 2.86 bits per heavy atom. The van der Waals surface area contributed by atoms with Gasteiger partial charge in [-0.15, -0.1) is 11.3 Å². The van der Waals surface area contributed by atoms with Crippen LogP contribution in [0.15, 0.2) is 11.0 Å². The number of aryl methyl sites for hydroxylation is 1. The lowest BCUT2D eigenvalue weighted by molar-refractivity contribution is 0.239. The van der Waals surface area contributed by atoms with E-state index in [1.165, 1.54) is 0 Å². The molecule has 0 saturated carbocycles. The molecule has 0 bridgehead atoms. The second kappa shape index (κ2) is 7.22. The lowest BCUT2D eigenvalue weighted by atomic mass is 10.0. The first-order valence-corrected chi connectivity index (χ1v) is 10.0. The highest BCUT2D eigenvalue weighted by Crippen LogP contribution is 2.32. The maximum absolute atomic E-state index is 13.0. The van der Waals surface area contributed by atoms with Crippen LogP contribution in [0.25, 0.3) is 0 Å². The number of nitrogens with zero attached hydrogens (tertiary/aromatic N) is 1. The van der Waals surface area contributed by atoms with Crippen molar-refractivity contribution in [3.8, 4) is 0 Å². The molecule has 2 rings (SSSR count). The largest absolute Gasteiger partial charge is 0.315 e. The quantitative estimate of drug-likeness (QED) is 0.872. The van der Waals surface area contributed by atoms with Crippen LogP contribution in [0.1, 0.15) is 48.8 Å². The van der Waals surface area contributed by atoms with E-state index in [0.29, 0.717) is 11.4 Å². The van der Waals surface area contributed by atoms with E-state index >= 15 is 0 Å². The van der Waals surface area contributed by atoms with Crippen molar-refractivity contribution in [2.24, 2.45) is 0 Å². The first kappa shape index (κ1) is 16.9. The van der Waals surface area contributed by atoms with Crippen molar-refractivity contribution in [2.45, 2.75) is 63.4 Å². The molecule has 2 heterocycles. The monoisotopic (exact) mass is 330 g/mol. The highest BCUT2D eigenvalue weighted by atomic mass is 32.2. The van der Waals surface area contributed by atoms with E-state index in [-0.39, 0.29) is 6.04 Å². The summed E-state index contributed by atoms with van der Waals surface area (Å²) in [6.07, 6.45) is 5.12. The molecular formula is C15H26N2O2S2. The molecule has 0 amide bonds. The zero-order chi connectivity index (χ0) is 15.5. The first-order valence-electron chi connectivity index (χ1n) is 7.76. The summed E-state index contributed by atoms with van der Waals surface area (Å²) in [5.41, 5.74) is 0. The van der Waals surface area contributed by atoms with Gasteiger partial charge in [0.25, 0.3) is 0 Å². The summed E-state index contributed by atoms with van der Waals surface area (Å²) in [6, 6.07) is 2.03. The molecule has 1 N–H and O–H groups in total. The van der Waals surface area contributed by atoms with Gasteiger partial charge in [0.15, 0.2) is 0 Å². The average Bonchev–Trinajstić information content (AvgIpc) is 2.82. The number of hydrogen-bond donors (Lipinski definition) is 1. The van der Waals surface area contributed by atoms with Gasteiger partial charge in [-0.3, -0.25) is 0 Å². The van der Waals surface area contributed by atoms with Crippen LogP contribution in [-0.2, 0) is 16.6 Å². The van der Waals surface area contributed by atoms with E-state index in [0.717, 1.165) is 48.4 Å². The minimum atomic E-state index is -3.35. The SMILES string of the molecule is CCCC1CCCCN1S(=O)(=O)c1cc(CNC)sc1C. The van der Waals surface area contributed by atoms with Crippen molar-refractivity contribution < 1.29 is 8.42 Å². The molecule has 21 heavy (non-hydrogen) atoms. The highest BCUT2D eigenvalue weighted by molar-refractivity contribution is 7.89. The standard InChI is InChI=1S/C15H26N2O2S2/c1-4-7-13-8-5-6-9-17(13)21(18,19)15-10-14(11-16-3)20-12(15)2/h10,13,16H,4-9,11H2,1-3H3. The first-order chi connectivity index (χ1) is 10.0. The maximum atomic E-state index is 13.0. The summed E-state index contributed by atoms with van der Waals surface area (Å²) < 4.78 is 27.8. The van der Waals surface area contributed by atoms with Gasteiger partial charge in [-0.25, -0.2) is 8.42 Å². The van der Waals surface area contributed by atoms with Crippen LogP contribution in [0.4, 0.5) is 0 Å². The lowest BCUT2D eigenvalue weighted by Gasteiger charge is -2.34. The van der Waals surface area contributed by atoms with Gasteiger partial charge in [0.1, 0.15) is 0 Å². The third-order valence-corrected chi connectivity index (χ3v) is 7.31. The lowest BCUT2D eigenvalue weighted by Crippen LogP contribution is -2.43. The van der Waals surface area contributed by atoms with Gasteiger partial charge < -0.3 is 5.32 Å². The number of hydrogen-bond acceptors (Lipinski definition) is 4. The number of rotatable bonds is 6. The van der Waals surface area contributed by atoms with Gasteiger partial charge in [-0.2, -0.15) is 4.31 Å². The van der Waals surface area contributed by atoms with Gasteiger partial charge in [-0.05, 0) is 39.3 Å². The van der Waals surface area contributed by atoms with Crippen LogP contribution in [0.3, 0.4) is 0 Å². The number of nitrogens with one attached hydrogen (secondary N) is 1. The molecular weight excluding hydrogens is 304 g/mol. The van der Waals surface area contributed by atoms with Crippen molar-refractivity contribution in [3.63, 3.8) is 0 Å². The summed E-state index contributed by atoms with van der Waals surface area (Å²) >= 11 is 1.58. The van der Waals surface area contributed by atoms with Crippen molar-refractivity contribution in [2.75, 3.05) is 13.6 Å². The Morgan fingerprint density at radius 1 is 1.43 bits per heavy atom. The van der Waals surface area contributed by atoms with Crippen LogP contribution in [0.5, 0.6) is 0 Å². The predicted molar refractivity (Wildman–Crippen MR) is 88.3 cm³/mol. The second-order valence-electron chi connectivity index (χ2n) is 5.72. The Kier molecular flexibility index (Phi) is 5.82. The minimum Gasteiger partial charge on any atom is -0.315 e. The third-order valence-electron chi connectivity index (χ3n) is 4.06. The molecule has 0 aromatic carbocycles. The molecule has 1 atom stereocenters. The van der Waals surface area contributed by atoms with E-state index in [1.807, 2.05) is 20.0 Å². The summed E-state index contributed by atoms with van der Waals surface area (Å²) in [5.74, 6) is 0. The van der Waals surface area contributed by atoms with E-state index in [1.54, 1.807) is 15.6 Å². The van der Waals surface area contributed by atoms with Gasteiger partial charge in [-0.1, -0.05) is 19.8 Å². The number of thiophene rings is 1. The Bertz CT molecular complexity index is 564. The summed E-state index contributed by atoms with van der Waals surface area (Å²) in [7, 11) is -1.47. The highest BCUT2D eigenvalue weighted by Gasteiger charge is 2.34. The Labute approximate surface area is 132 Å². The molecule has 120 valence electrons. The van der Waals surface area contributed by atoms with E-state index in [2.05, 4.69) is 12.2 Å². The average molecular weight is 331 g/mol. The van der Waals surface area contributed by atoms with Crippen molar-refractivity contribution >= 4 is 21.4 Å². The van der Waals surface area contributed by atoms with Gasteiger partial charge >= 0.3 is 0 Å². The molecule has 1 fully saturated rings. The topological polar surface area (TPSA) is 49.4 Å². The summed E-state index contributed by atoms with van der Waals surface area (Å²) in [6.45, 7) is 5.43. The normalized spacial score (nSPS) is 20.8. The molecule has 4 nitrogen and oxygen atoms in total. The minimum absolute atomic E-state index is 0.181. The summed E-state index contributed by atoms with van der Waals surface area (Å²) in [4.78, 5) is 2.50. The smallest absolute Gasteiger partial charge is 0.244 e. The molecule has 1 aromatic heterocycles. The van der Waals surface area contributed by atoms with Crippen molar-refractivity contribution in [1.29, 1.82) is 0 Å². The fraction of sp³-hybridized carbons (Fsp3) is 0.733. The zero-order valence-electron chi connectivity index (χ0n) is 13.2. The van der Waals surface area contributed by atoms with E-state index in [4.69, 9.17) is 0 Å². The van der Waals surface area contributed by atoms with Gasteiger partial charge in [0, 0.05) is 28.9 Å². The Balaban J connectivity index is 2.31. The van der Waals surface area contributed by atoms with Gasteiger partial charge in [0.2, 0.25) is 10.0 Å². The van der Waals surface area contributed by atoms with Gasteiger partial charge in [0.05, 0.1) is 4.90 Å². The van der Waals surface area contributed by atoms with E-state index < -0.39 is 10.0 Å². The molecule has 1 saturated heterocycles. The van der Waals surface area contributed by atoms with Crippen LogP contribution in [-0.4, -0.2) is 32.4 Å². The molecule has 6 heteroatoms. The van der Waals surface area contributed by atoms with Crippen LogP contribution < -0.4 is 5.32 Å². The molecule has 0 spiro atoms. The molecule has 1 aliphatic heterocycles. The maximum Gasteiger partial charge on any atom is 0.244 e. The molecule has 0 aliphatic carbocycles. The number of sulfonamides is 1. The fourth-order valence-electron chi connectivity index (χ4n) is 3.08. The molecule has 0 radical (unpaired) electrons. The molecule has 1 aromatic rings. The number of piperidine rings is 1. The fourth-order valence-corrected chi connectivity index (χ4v) is 6.42. The molecule has 1 unspecified atom stereocenters. The molecule has 1 aliphatic rings. The van der Waals surface area contributed by atoms with Crippen LogP contribution >= 0.6 is 11.3 Å². The second-order valence-corrected chi connectivity index (χ2v) is 8.92. The van der Waals surface area contributed by atoms with Crippen LogP contribution in [0, 0.1) is 6.92 Å². The Morgan fingerprint density at radius 2 is 2.19 bits per heavy atom.